The van der Waals surface area contributed by atoms with Gasteiger partial charge in [-0.1, -0.05) is 13.0 Å². The Morgan fingerprint density at radius 2 is 1.87 bits per heavy atom. The van der Waals surface area contributed by atoms with Crippen LogP contribution in [0.4, 0.5) is 0 Å². The summed E-state index contributed by atoms with van der Waals surface area (Å²) < 4.78 is 53.9. The molecule has 1 fully saturated rings. The van der Waals surface area contributed by atoms with E-state index in [0.29, 0.717) is 25.4 Å². The van der Waals surface area contributed by atoms with Crippen molar-refractivity contribution in [2.75, 3.05) is 39.5 Å². The Labute approximate surface area is 181 Å². The maximum absolute atomic E-state index is 11.9. The molecule has 1 heterocycles. The number of sulfonamides is 2. The van der Waals surface area contributed by atoms with Crippen LogP contribution >= 0.6 is 0 Å². The molecule has 0 aromatic heterocycles. The molecule has 1 atom stereocenters. The van der Waals surface area contributed by atoms with E-state index < -0.39 is 20.0 Å². The van der Waals surface area contributed by atoms with E-state index in [1.807, 2.05) is 6.07 Å². The van der Waals surface area contributed by atoms with Gasteiger partial charge in [0.15, 0.2) is 0 Å². The number of primary sulfonamides is 1. The Morgan fingerprint density at radius 3 is 2.37 bits per heavy atom. The molecule has 8 nitrogen and oxygen atoms in total. The maximum Gasteiger partial charge on any atom is 0.241 e. The quantitative estimate of drug-likeness (QED) is 0.567. The van der Waals surface area contributed by atoms with Gasteiger partial charge < -0.3 is 9.64 Å². The first-order valence-corrected chi connectivity index (χ1v) is 13.7. The molecule has 1 aromatic carbocycles. The molecule has 1 aliphatic rings. The maximum atomic E-state index is 11.9. The van der Waals surface area contributed by atoms with Crippen LogP contribution in [-0.4, -0.2) is 71.6 Å². The van der Waals surface area contributed by atoms with Crippen molar-refractivity contribution in [3.63, 3.8) is 0 Å². The number of ether oxygens (including phenoxy) is 1. The number of methoxy groups -OCH3 is 1. The number of rotatable bonds is 10. The second-order valence-electron chi connectivity index (χ2n) is 8.18. The summed E-state index contributed by atoms with van der Waals surface area (Å²) in [6, 6.07) is 5.32. The third-order valence-electron chi connectivity index (χ3n) is 5.74. The molecule has 2 rings (SSSR count). The summed E-state index contributed by atoms with van der Waals surface area (Å²) in [4.78, 5) is 2.42. The van der Waals surface area contributed by atoms with Crippen LogP contribution < -0.4 is 9.88 Å². The normalized spacial score (nSPS) is 17.9. The molecule has 1 aromatic rings. The number of hydrogen-bond donors (Lipinski definition) is 1. The molecule has 1 unspecified atom stereocenters. The zero-order chi connectivity index (χ0) is 22.5. The van der Waals surface area contributed by atoms with Crippen molar-refractivity contribution in [3.05, 3.63) is 23.8 Å². The second-order valence-corrected chi connectivity index (χ2v) is 11.7. The molecular formula is C20H35N3O5S2. The second kappa shape index (κ2) is 10.4. The first-order valence-electron chi connectivity index (χ1n) is 10.3. The van der Waals surface area contributed by atoms with Crippen molar-refractivity contribution in [1.82, 2.24) is 9.21 Å². The standard InChI is InChI=1S/C20H35N3O5S2/c1-5-10-22(15-17-8-11-23(12-9-17)29(4,24)25)16(2)13-18-6-7-19(28-3)20(14-18)30(21,26)27/h6-7,14,16-17H,5,8-13,15H2,1-4H3,(H2,21,26,27). The van der Waals surface area contributed by atoms with Gasteiger partial charge in [-0.3, -0.25) is 0 Å². The van der Waals surface area contributed by atoms with Crippen molar-refractivity contribution in [3.8, 4) is 5.75 Å². The minimum Gasteiger partial charge on any atom is -0.495 e. The third-order valence-corrected chi connectivity index (χ3v) is 7.97. The largest absolute Gasteiger partial charge is 0.495 e. The van der Waals surface area contributed by atoms with Crippen LogP contribution in [0.15, 0.2) is 23.1 Å². The summed E-state index contributed by atoms with van der Waals surface area (Å²) in [5.41, 5.74) is 0.889. The molecule has 0 saturated carbocycles. The van der Waals surface area contributed by atoms with Crippen LogP contribution in [0.25, 0.3) is 0 Å². The number of nitrogens with two attached hydrogens (primary N) is 1. The van der Waals surface area contributed by atoms with Crippen molar-refractivity contribution in [1.29, 1.82) is 0 Å². The SMILES string of the molecule is CCCN(CC1CCN(S(C)(=O)=O)CC1)C(C)Cc1ccc(OC)c(S(N)(=O)=O)c1. The monoisotopic (exact) mass is 461 g/mol. The zero-order valence-corrected chi connectivity index (χ0v) is 20.0. The van der Waals surface area contributed by atoms with Crippen LogP contribution in [0.2, 0.25) is 0 Å². The molecule has 10 heteroatoms. The number of piperidine rings is 1. The molecule has 0 bridgehead atoms. The van der Waals surface area contributed by atoms with Gasteiger partial charge in [0, 0.05) is 25.7 Å². The van der Waals surface area contributed by atoms with E-state index in [4.69, 9.17) is 9.88 Å². The molecule has 2 N–H and O–H groups in total. The first kappa shape index (κ1) is 25.1. The van der Waals surface area contributed by atoms with Crippen LogP contribution in [0, 0.1) is 5.92 Å². The fourth-order valence-corrected chi connectivity index (χ4v) is 5.70. The van der Waals surface area contributed by atoms with Gasteiger partial charge in [-0.25, -0.2) is 26.3 Å². The highest BCUT2D eigenvalue weighted by molar-refractivity contribution is 7.89. The lowest BCUT2D eigenvalue weighted by molar-refractivity contribution is 0.146. The summed E-state index contributed by atoms with van der Waals surface area (Å²) in [5.74, 6) is 0.699. The van der Waals surface area contributed by atoms with E-state index in [0.717, 1.165) is 37.9 Å². The zero-order valence-electron chi connectivity index (χ0n) is 18.4. The van der Waals surface area contributed by atoms with Gasteiger partial charge in [-0.2, -0.15) is 0 Å². The van der Waals surface area contributed by atoms with Gasteiger partial charge in [0.1, 0.15) is 10.6 Å². The van der Waals surface area contributed by atoms with Gasteiger partial charge in [-0.05, 0) is 62.8 Å². The van der Waals surface area contributed by atoms with Crippen LogP contribution in [0.1, 0.15) is 38.7 Å². The van der Waals surface area contributed by atoms with Crippen LogP contribution in [0.3, 0.4) is 0 Å². The van der Waals surface area contributed by atoms with E-state index >= 15 is 0 Å². The molecular weight excluding hydrogens is 426 g/mol. The van der Waals surface area contributed by atoms with E-state index in [1.54, 1.807) is 16.4 Å². The topological polar surface area (TPSA) is 110 Å². The lowest BCUT2D eigenvalue weighted by Crippen LogP contribution is -2.44. The molecule has 0 aliphatic carbocycles. The summed E-state index contributed by atoms with van der Waals surface area (Å²) in [5, 5.41) is 5.34. The molecule has 30 heavy (non-hydrogen) atoms. The van der Waals surface area contributed by atoms with E-state index in [2.05, 4.69) is 18.7 Å². The molecule has 0 spiro atoms. The molecule has 1 aliphatic heterocycles. The highest BCUT2D eigenvalue weighted by Crippen LogP contribution is 2.26. The summed E-state index contributed by atoms with van der Waals surface area (Å²) in [6.07, 6.45) is 4.69. The molecule has 172 valence electrons. The van der Waals surface area contributed by atoms with Crippen molar-refractivity contribution in [2.24, 2.45) is 11.1 Å². The molecule has 0 radical (unpaired) electrons. The van der Waals surface area contributed by atoms with Crippen molar-refractivity contribution in [2.45, 2.75) is 50.5 Å². The number of hydrogen-bond acceptors (Lipinski definition) is 6. The Bertz CT molecular complexity index is 910. The lowest BCUT2D eigenvalue weighted by Gasteiger charge is -2.36. The fourth-order valence-electron chi connectivity index (χ4n) is 4.07. The summed E-state index contributed by atoms with van der Waals surface area (Å²) in [7, 11) is -5.56. The van der Waals surface area contributed by atoms with Gasteiger partial charge in [0.2, 0.25) is 20.0 Å². The molecule has 1 saturated heterocycles. The minimum atomic E-state index is -3.87. The Kier molecular flexibility index (Phi) is 8.70. The van der Waals surface area contributed by atoms with Gasteiger partial charge >= 0.3 is 0 Å². The summed E-state index contributed by atoms with van der Waals surface area (Å²) >= 11 is 0. The highest BCUT2D eigenvalue weighted by Gasteiger charge is 2.27. The van der Waals surface area contributed by atoms with Gasteiger partial charge in [0.25, 0.3) is 0 Å². The lowest BCUT2D eigenvalue weighted by atomic mass is 9.96. The van der Waals surface area contributed by atoms with Crippen LogP contribution in [0.5, 0.6) is 5.75 Å². The first-order chi connectivity index (χ1) is 14.0. The highest BCUT2D eigenvalue weighted by atomic mass is 32.2. The fraction of sp³-hybridized carbons (Fsp3) is 0.700. The predicted octanol–water partition coefficient (Wildman–Crippen LogP) is 1.66. The Hall–Kier alpha value is -1.20. The average molecular weight is 462 g/mol. The Balaban J connectivity index is 2.07. The average Bonchev–Trinajstić information content (AvgIpc) is 2.66. The predicted molar refractivity (Wildman–Crippen MR) is 119 cm³/mol. The van der Waals surface area contributed by atoms with Gasteiger partial charge in [-0.15, -0.1) is 0 Å². The van der Waals surface area contributed by atoms with Crippen molar-refractivity contribution >= 4 is 20.0 Å². The van der Waals surface area contributed by atoms with Crippen molar-refractivity contribution < 1.29 is 21.6 Å². The Morgan fingerprint density at radius 1 is 1.23 bits per heavy atom. The van der Waals surface area contributed by atoms with Crippen LogP contribution in [-0.2, 0) is 26.5 Å². The number of nitrogens with zero attached hydrogens (tertiary/aromatic N) is 2. The van der Waals surface area contributed by atoms with Gasteiger partial charge in [0.05, 0.1) is 13.4 Å². The smallest absolute Gasteiger partial charge is 0.241 e. The minimum absolute atomic E-state index is 0.00453. The summed E-state index contributed by atoms with van der Waals surface area (Å²) in [6.45, 7) is 7.28. The third kappa shape index (κ3) is 6.91. The van der Waals surface area contributed by atoms with E-state index in [1.165, 1.54) is 13.4 Å². The van der Waals surface area contributed by atoms with E-state index in [-0.39, 0.29) is 16.7 Å². The van der Waals surface area contributed by atoms with E-state index in [9.17, 15) is 16.8 Å². The molecule has 0 amide bonds. The number of benzene rings is 1.